The Morgan fingerprint density at radius 3 is 2.45 bits per heavy atom. The van der Waals surface area contributed by atoms with Crippen LogP contribution in [0.4, 0.5) is 11.4 Å². The first-order chi connectivity index (χ1) is 15.2. The zero-order valence-corrected chi connectivity index (χ0v) is 16.6. The van der Waals surface area contributed by atoms with E-state index in [2.05, 4.69) is 20.8 Å². The van der Waals surface area contributed by atoms with E-state index in [4.69, 9.17) is 0 Å². The second kappa shape index (κ2) is 9.45. The monoisotopic (exact) mass is 408 g/mol. The van der Waals surface area contributed by atoms with Crippen LogP contribution in [0.15, 0.2) is 106 Å². The van der Waals surface area contributed by atoms with E-state index in [0.717, 1.165) is 22.0 Å². The highest BCUT2D eigenvalue weighted by Crippen LogP contribution is 2.24. The number of hydrazone groups is 1. The fourth-order valence-electron chi connectivity index (χ4n) is 3.15. The minimum atomic E-state index is -0.244. The largest absolute Gasteiger partial charge is 0.507 e. The SMILES string of the molecule is O=C(Cc1cccc2ccccc12)N/N=C/c1cc(N=Nc2ccccc2)ccc1O. The molecule has 0 radical (unpaired) electrons. The van der Waals surface area contributed by atoms with Crippen molar-refractivity contribution in [1.29, 1.82) is 0 Å². The van der Waals surface area contributed by atoms with E-state index in [1.54, 1.807) is 12.1 Å². The molecule has 0 unspecified atom stereocenters. The number of nitrogens with zero attached hydrogens (tertiary/aromatic N) is 3. The Bertz CT molecular complexity index is 1260. The van der Waals surface area contributed by atoms with Crippen LogP contribution in [0, 0.1) is 0 Å². The number of carbonyl (C=O) groups excluding carboxylic acids is 1. The molecule has 0 heterocycles. The second-order valence-corrected chi connectivity index (χ2v) is 6.89. The fraction of sp³-hybridized carbons (Fsp3) is 0.0400. The van der Waals surface area contributed by atoms with Gasteiger partial charge in [0, 0.05) is 5.56 Å². The maximum Gasteiger partial charge on any atom is 0.244 e. The number of phenolic OH excluding ortho intramolecular Hbond substituents is 1. The number of nitrogens with one attached hydrogen (secondary N) is 1. The lowest BCUT2D eigenvalue weighted by atomic mass is 10.0. The lowest BCUT2D eigenvalue weighted by Crippen LogP contribution is -2.19. The normalized spacial score (nSPS) is 11.4. The third kappa shape index (κ3) is 5.19. The Kier molecular flexibility index (Phi) is 6.09. The number of rotatable bonds is 6. The van der Waals surface area contributed by atoms with Gasteiger partial charge in [0.15, 0.2) is 0 Å². The molecule has 6 heteroatoms. The Labute approximate surface area is 179 Å². The second-order valence-electron chi connectivity index (χ2n) is 6.89. The molecule has 0 atom stereocenters. The summed E-state index contributed by atoms with van der Waals surface area (Å²) < 4.78 is 0. The number of carbonyl (C=O) groups is 1. The molecule has 0 spiro atoms. The predicted molar refractivity (Wildman–Crippen MR) is 122 cm³/mol. The first-order valence-corrected chi connectivity index (χ1v) is 9.77. The third-order valence-electron chi connectivity index (χ3n) is 4.67. The Morgan fingerprint density at radius 1 is 0.839 bits per heavy atom. The highest BCUT2D eigenvalue weighted by Gasteiger charge is 2.06. The van der Waals surface area contributed by atoms with Crippen LogP contribution in [-0.2, 0) is 11.2 Å². The quantitative estimate of drug-likeness (QED) is 0.245. The molecule has 4 rings (SSSR count). The summed E-state index contributed by atoms with van der Waals surface area (Å²) in [6, 6.07) is 28.0. The molecule has 0 saturated carbocycles. The van der Waals surface area contributed by atoms with Gasteiger partial charge in [0.05, 0.1) is 24.0 Å². The van der Waals surface area contributed by atoms with Gasteiger partial charge in [-0.15, -0.1) is 0 Å². The topological polar surface area (TPSA) is 86.4 Å². The van der Waals surface area contributed by atoms with Gasteiger partial charge in [-0.1, -0.05) is 60.7 Å². The van der Waals surface area contributed by atoms with Crippen molar-refractivity contribution in [2.45, 2.75) is 6.42 Å². The molecule has 0 fully saturated rings. The number of aromatic hydroxyl groups is 1. The molecular formula is C25H20N4O2. The van der Waals surface area contributed by atoms with E-state index in [0.29, 0.717) is 11.3 Å². The first kappa shape index (κ1) is 20.0. The van der Waals surface area contributed by atoms with Crippen molar-refractivity contribution >= 4 is 34.3 Å². The molecule has 0 aliphatic carbocycles. The van der Waals surface area contributed by atoms with Gasteiger partial charge in [-0.25, -0.2) is 5.43 Å². The Morgan fingerprint density at radius 2 is 1.58 bits per heavy atom. The van der Waals surface area contributed by atoms with E-state index in [1.807, 2.05) is 72.8 Å². The minimum Gasteiger partial charge on any atom is -0.507 e. The summed E-state index contributed by atoms with van der Waals surface area (Å²) in [5.41, 5.74) is 5.16. The highest BCUT2D eigenvalue weighted by molar-refractivity contribution is 5.91. The van der Waals surface area contributed by atoms with Gasteiger partial charge in [0.25, 0.3) is 0 Å². The summed E-state index contributed by atoms with van der Waals surface area (Å²) in [6.07, 6.45) is 1.59. The molecule has 0 saturated heterocycles. The number of azo groups is 1. The van der Waals surface area contributed by atoms with E-state index >= 15 is 0 Å². The summed E-state index contributed by atoms with van der Waals surface area (Å²) in [5, 5.41) is 24.5. The summed E-state index contributed by atoms with van der Waals surface area (Å²) in [7, 11) is 0. The van der Waals surface area contributed by atoms with E-state index in [9.17, 15) is 9.90 Å². The van der Waals surface area contributed by atoms with Crippen LogP contribution >= 0.6 is 0 Å². The van der Waals surface area contributed by atoms with Crippen LogP contribution < -0.4 is 5.43 Å². The number of hydrogen-bond donors (Lipinski definition) is 2. The standard InChI is InChI=1S/C25H20N4O2/c30-24-14-13-22(28-27-21-10-2-1-3-11-21)15-20(24)17-26-29-25(31)16-19-9-6-8-18-7-4-5-12-23(18)19/h1-15,17,30H,16H2,(H,29,31)/b26-17+,28-27?. The fourth-order valence-corrected chi connectivity index (χ4v) is 3.15. The molecule has 4 aromatic rings. The van der Waals surface area contributed by atoms with Crippen LogP contribution in [0.1, 0.15) is 11.1 Å². The van der Waals surface area contributed by atoms with Crippen molar-refractivity contribution in [2.75, 3.05) is 0 Å². The minimum absolute atomic E-state index is 0.0331. The van der Waals surface area contributed by atoms with Gasteiger partial charge < -0.3 is 5.11 Å². The molecule has 6 nitrogen and oxygen atoms in total. The molecule has 0 bridgehead atoms. The number of fused-ring (bicyclic) bond motifs is 1. The van der Waals surface area contributed by atoms with Crippen molar-refractivity contribution in [3.05, 3.63) is 102 Å². The number of phenols is 1. The third-order valence-corrected chi connectivity index (χ3v) is 4.67. The van der Waals surface area contributed by atoms with Gasteiger partial charge in [0.1, 0.15) is 5.75 Å². The summed E-state index contributed by atoms with van der Waals surface area (Å²) >= 11 is 0. The maximum absolute atomic E-state index is 12.3. The smallest absolute Gasteiger partial charge is 0.244 e. The molecule has 152 valence electrons. The molecule has 0 aliphatic rings. The zero-order valence-electron chi connectivity index (χ0n) is 16.6. The van der Waals surface area contributed by atoms with E-state index in [1.165, 1.54) is 12.3 Å². The van der Waals surface area contributed by atoms with E-state index in [-0.39, 0.29) is 18.1 Å². The summed E-state index contributed by atoms with van der Waals surface area (Å²) in [6.45, 7) is 0. The highest BCUT2D eigenvalue weighted by atomic mass is 16.3. The van der Waals surface area contributed by atoms with Crippen molar-refractivity contribution in [3.63, 3.8) is 0 Å². The molecule has 4 aromatic carbocycles. The summed E-state index contributed by atoms with van der Waals surface area (Å²) in [4.78, 5) is 12.3. The zero-order chi connectivity index (χ0) is 21.5. The van der Waals surface area contributed by atoms with Gasteiger partial charge in [-0.3, -0.25) is 4.79 Å². The average Bonchev–Trinajstić information content (AvgIpc) is 2.80. The predicted octanol–water partition coefficient (Wildman–Crippen LogP) is 5.65. The van der Waals surface area contributed by atoms with Gasteiger partial charge in [-0.2, -0.15) is 15.3 Å². The molecule has 0 aliphatic heterocycles. The molecule has 1 amide bonds. The lowest BCUT2D eigenvalue weighted by molar-refractivity contribution is -0.120. The number of amides is 1. The van der Waals surface area contributed by atoms with Crippen LogP contribution in [0.3, 0.4) is 0 Å². The van der Waals surface area contributed by atoms with Crippen molar-refractivity contribution < 1.29 is 9.90 Å². The van der Waals surface area contributed by atoms with Crippen LogP contribution in [-0.4, -0.2) is 17.2 Å². The molecule has 31 heavy (non-hydrogen) atoms. The molecule has 0 aromatic heterocycles. The Hall–Kier alpha value is -4.32. The average molecular weight is 408 g/mol. The summed E-state index contributed by atoms with van der Waals surface area (Å²) in [5.74, 6) is -0.210. The van der Waals surface area contributed by atoms with Gasteiger partial charge in [0.2, 0.25) is 5.91 Å². The Balaban J connectivity index is 1.42. The van der Waals surface area contributed by atoms with E-state index < -0.39 is 0 Å². The number of benzene rings is 4. The molecular weight excluding hydrogens is 388 g/mol. The van der Waals surface area contributed by atoms with Crippen molar-refractivity contribution in [1.82, 2.24) is 5.43 Å². The molecule has 2 N–H and O–H groups in total. The lowest BCUT2D eigenvalue weighted by Gasteiger charge is -2.05. The van der Waals surface area contributed by atoms with Crippen LogP contribution in [0.2, 0.25) is 0 Å². The maximum atomic E-state index is 12.3. The van der Waals surface area contributed by atoms with Crippen molar-refractivity contribution in [3.8, 4) is 5.75 Å². The van der Waals surface area contributed by atoms with Crippen LogP contribution in [0.5, 0.6) is 5.75 Å². The van der Waals surface area contributed by atoms with Crippen molar-refractivity contribution in [2.24, 2.45) is 15.3 Å². The van der Waals surface area contributed by atoms with Gasteiger partial charge >= 0.3 is 0 Å². The van der Waals surface area contributed by atoms with Gasteiger partial charge in [-0.05, 0) is 46.7 Å². The van der Waals surface area contributed by atoms with Crippen LogP contribution in [0.25, 0.3) is 10.8 Å². The number of hydrogen-bond acceptors (Lipinski definition) is 5. The first-order valence-electron chi connectivity index (χ1n) is 9.77.